The number of benzene rings is 2. The van der Waals surface area contributed by atoms with Gasteiger partial charge in [-0.1, -0.05) is 42.8 Å². The molecule has 1 aliphatic rings. The van der Waals surface area contributed by atoms with Crippen LogP contribution in [0.2, 0.25) is 5.02 Å². The van der Waals surface area contributed by atoms with Gasteiger partial charge < -0.3 is 5.32 Å². The lowest BCUT2D eigenvalue weighted by atomic mass is 10.1. The van der Waals surface area contributed by atoms with Crippen molar-refractivity contribution in [3.63, 3.8) is 0 Å². The van der Waals surface area contributed by atoms with E-state index in [4.69, 9.17) is 23.2 Å². The first-order valence-corrected chi connectivity index (χ1v) is 14.2. The van der Waals surface area contributed by atoms with Crippen molar-refractivity contribution in [3.8, 4) is 0 Å². The highest BCUT2D eigenvalue weighted by atomic mass is 35.5. The number of rotatable bonds is 8. The van der Waals surface area contributed by atoms with Crippen molar-refractivity contribution in [2.24, 2.45) is 0 Å². The maximum atomic E-state index is 12.5. The number of hydrogen-bond donors (Lipinski definition) is 1. The zero-order chi connectivity index (χ0) is 24.3. The fourth-order valence-electron chi connectivity index (χ4n) is 3.78. The molecule has 1 aliphatic heterocycles. The molecule has 0 saturated heterocycles. The van der Waals surface area contributed by atoms with Gasteiger partial charge in [-0.15, -0.1) is 22.9 Å². The normalized spacial score (nSPS) is 15.0. The Bertz CT molecular complexity index is 1260. The molecule has 0 spiro atoms. The molecule has 1 N–H and O–H groups in total. The molecule has 2 heterocycles. The summed E-state index contributed by atoms with van der Waals surface area (Å²) in [5.41, 5.74) is 2.73. The molecule has 1 unspecified atom stereocenters. The number of alkyl halides is 1. The quantitative estimate of drug-likeness (QED) is 0.325. The van der Waals surface area contributed by atoms with Crippen LogP contribution in [-0.4, -0.2) is 42.0 Å². The van der Waals surface area contributed by atoms with Gasteiger partial charge in [-0.05, 0) is 35.4 Å². The largest absolute Gasteiger partial charge is 0.302 e. The van der Waals surface area contributed by atoms with Crippen molar-refractivity contribution in [1.29, 1.82) is 0 Å². The Balaban J connectivity index is 1.34. The molecular formula is C24H25Cl2N3O3S2. The van der Waals surface area contributed by atoms with E-state index >= 15 is 0 Å². The number of anilines is 1. The summed E-state index contributed by atoms with van der Waals surface area (Å²) in [4.78, 5) is 20.7. The van der Waals surface area contributed by atoms with Crippen LogP contribution in [0.5, 0.6) is 0 Å². The van der Waals surface area contributed by atoms with Crippen LogP contribution in [0.1, 0.15) is 28.6 Å². The number of carbonyl (C=O) groups excluding carboxylic acids is 1. The molecule has 1 amide bonds. The van der Waals surface area contributed by atoms with Gasteiger partial charge >= 0.3 is 0 Å². The van der Waals surface area contributed by atoms with Crippen LogP contribution in [0.15, 0.2) is 53.4 Å². The molecule has 2 aromatic carbocycles. The summed E-state index contributed by atoms with van der Waals surface area (Å²) in [5.74, 6) is -0.142. The number of nitrogens with one attached hydrogen (secondary N) is 1. The van der Waals surface area contributed by atoms with E-state index in [1.54, 1.807) is 31.2 Å². The Morgan fingerprint density at radius 3 is 2.50 bits per heavy atom. The Labute approximate surface area is 213 Å². The molecule has 34 heavy (non-hydrogen) atoms. The second kappa shape index (κ2) is 10.7. The second-order valence-electron chi connectivity index (χ2n) is 8.15. The van der Waals surface area contributed by atoms with Crippen LogP contribution in [-0.2, 0) is 40.4 Å². The van der Waals surface area contributed by atoms with Gasteiger partial charge in [-0.3, -0.25) is 9.69 Å². The van der Waals surface area contributed by atoms with E-state index in [0.29, 0.717) is 16.7 Å². The van der Waals surface area contributed by atoms with Crippen molar-refractivity contribution in [3.05, 3.63) is 75.3 Å². The number of amides is 1. The first kappa shape index (κ1) is 25.1. The average molecular weight is 539 g/mol. The lowest BCUT2D eigenvalue weighted by Crippen LogP contribution is -2.37. The molecule has 6 nitrogen and oxygen atoms in total. The molecule has 0 bridgehead atoms. The second-order valence-corrected chi connectivity index (χ2v) is 12.4. The lowest BCUT2D eigenvalue weighted by Gasteiger charge is -2.30. The number of halogens is 2. The zero-order valence-electron chi connectivity index (χ0n) is 18.6. The van der Waals surface area contributed by atoms with Crippen molar-refractivity contribution >= 4 is 55.4 Å². The van der Waals surface area contributed by atoms with Gasteiger partial charge in [-0.2, -0.15) is 0 Å². The summed E-state index contributed by atoms with van der Waals surface area (Å²) in [6.07, 6.45) is 1.64. The molecule has 180 valence electrons. The number of thiazole rings is 1. The SMILES string of the molecule is CCS(=O)(=O)c1ccc(CC(=O)Nc2nc3c(s2)CN(C(Cl)Cc2ccc(Cl)cc2)CC3)cc1. The van der Waals surface area contributed by atoms with Gasteiger partial charge in [0.25, 0.3) is 0 Å². The van der Waals surface area contributed by atoms with E-state index in [-0.39, 0.29) is 28.5 Å². The average Bonchev–Trinajstić information content (AvgIpc) is 3.22. The minimum absolute atomic E-state index is 0.0462. The summed E-state index contributed by atoms with van der Waals surface area (Å²) in [5, 5.41) is 4.16. The van der Waals surface area contributed by atoms with Gasteiger partial charge in [0.1, 0.15) is 0 Å². The third kappa shape index (κ3) is 6.17. The van der Waals surface area contributed by atoms with E-state index in [1.165, 1.54) is 11.3 Å². The zero-order valence-corrected chi connectivity index (χ0v) is 21.8. The maximum Gasteiger partial charge on any atom is 0.230 e. The third-order valence-electron chi connectivity index (χ3n) is 5.75. The molecule has 0 aliphatic carbocycles. The van der Waals surface area contributed by atoms with Crippen LogP contribution in [0, 0.1) is 0 Å². The molecule has 0 saturated carbocycles. The van der Waals surface area contributed by atoms with E-state index in [2.05, 4.69) is 15.2 Å². The number of nitrogens with zero attached hydrogens (tertiary/aromatic N) is 2. The first-order chi connectivity index (χ1) is 16.2. The molecule has 1 atom stereocenters. The predicted molar refractivity (Wildman–Crippen MR) is 138 cm³/mol. The van der Waals surface area contributed by atoms with E-state index in [0.717, 1.165) is 41.1 Å². The molecule has 1 aromatic heterocycles. The molecule has 0 fully saturated rings. The monoisotopic (exact) mass is 537 g/mol. The van der Waals surface area contributed by atoms with Gasteiger partial charge in [0.2, 0.25) is 5.91 Å². The highest BCUT2D eigenvalue weighted by Crippen LogP contribution is 2.30. The summed E-state index contributed by atoms with van der Waals surface area (Å²) in [6, 6.07) is 14.2. The summed E-state index contributed by atoms with van der Waals surface area (Å²) < 4.78 is 23.9. The van der Waals surface area contributed by atoms with Gasteiger partial charge in [-0.25, -0.2) is 13.4 Å². The van der Waals surface area contributed by atoms with E-state index in [9.17, 15) is 13.2 Å². The first-order valence-electron chi connectivity index (χ1n) is 11.0. The maximum absolute atomic E-state index is 12.5. The Hall–Kier alpha value is -1.97. The van der Waals surface area contributed by atoms with Gasteiger partial charge in [0, 0.05) is 35.8 Å². The highest BCUT2D eigenvalue weighted by molar-refractivity contribution is 7.91. The van der Waals surface area contributed by atoms with Crippen LogP contribution >= 0.6 is 34.5 Å². The summed E-state index contributed by atoms with van der Waals surface area (Å²) >= 11 is 14.1. The Morgan fingerprint density at radius 1 is 1.15 bits per heavy atom. The van der Waals surface area contributed by atoms with Crippen LogP contribution < -0.4 is 5.32 Å². The topological polar surface area (TPSA) is 79.4 Å². The number of sulfone groups is 1. The van der Waals surface area contributed by atoms with Crippen molar-refractivity contribution in [2.45, 2.75) is 43.1 Å². The molecule has 4 rings (SSSR count). The molecule has 3 aromatic rings. The van der Waals surface area contributed by atoms with Crippen molar-refractivity contribution < 1.29 is 13.2 Å². The summed E-state index contributed by atoms with van der Waals surface area (Å²) in [6.45, 7) is 3.10. The minimum atomic E-state index is -3.25. The standard InChI is InChI=1S/C24H25Cl2N3O3S2/c1-2-34(31,32)19-9-5-17(6-10-19)14-23(30)28-24-27-20-11-12-29(15-21(20)33-24)22(26)13-16-3-7-18(25)8-4-16/h3-10,22H,2,11-15H2,1H3,(H,27,28,30). The van der Waals surface area contributed by atoms with Crippen LogP contribution in [0.25, 0.3) is 0 Å². The fraction of sp³-hybridized carbons (Fsp3) is 0.333. The number of aromatic nitrogens is 1. The highest BCUT2D eigenvalue weighted by Gasteiger charge is 2.25. The predicted octanol–water partition coefficient (Wildman–Crippen LogP) is 4.94. The van der Waals surface area contributed by atoms with Crippen molar-refractivity contribution in [1.82, 2.24) is 9.88 Å². The smallest absolute Gasteiger partial charge is 0.230 e. The number of carbonyl (C=O) groups is 1. The third-order valence-corrected chi connectivity index (χ3v) is 9.18. The summed E-state index contributed by atoms with van der Waals surface area (Å²) in [7, 11) is -3.25. The van der Waals surface area contributed by atoms with Crippen LogP contribution in [0.4, 0.5) is 5.13 Å². The van der Waals surface area contributed by atoms with E-state index < -0.39 is 9.84 Å². The Morgan fingerprint density at radius 2 is 1.82 bits per heavy atom. The van der Waals surface area contributed by atoms with Gasteiger partial charge in [0.15, 0.2) is 15.0 Å². The van der Waals surface area contributed by atoms with E-state index in [1.807, 2.05) is 24.3 Å². The minimum Gasteiger partial charge on any atom is -0.302 e. The molecule has 10 heteroatoms. The Kier molecular flexibility index (Phi) is 7.94. The number of hydrogen-bond acceptors (Lipinski definition) is 6. The molecular weight excluding hydrogens is 513 g/mol. The van der Waals surface area contributed by atoms with Crippen molar-refractivity contribution in [2.75, 3.05) is 17.6 Å². The fourth-order valence-corrected chi connectivity index (χ4v) is 6.19. The number of fused-ring (bicyclic) bond motifs is 1. The van der Waals surface area contributed by atoms with Gasteiger partial charge in [0.05, 0.1) is 28.3 Å². The van der Waals surface area contributed by atoms with Crippen LogP contribution in [0.3, 0.4) is 0 Å². The lowest BCUT2D eigenvalue weighted by molar-refractivity contribution is -0.115. The molecule has 0 radical (unpaired) electrons.